The van der Waals surface area contributed by atoms with E-state index >= 15 is 0 Å². The molecule has 8 heteroatoms. The van der Waals surface area contributed by atoms with Gasteiger partial charge in [-0.1, -0.05) is 80.4 Å². The highest BCUT2D eigenvalue weighted by atomic mass is 35.5. The van der Waals surface area contributed by atoms with E-state index in [1.54, 1.807) is 43.3 Å². The van der Waals surface area contributed by atoms with Crippen molar-refractivity contribution in [2.75, 3.05) is 5.32 Å². The summed E-state index contributed by atoms with van der Waals surface area (Å²) >= 11 is 12.3. The lowest BCUT2D eigenvalue weighted by molar-refractivity contribution is 0.0955. The Bertz CT molecular complexity index is 1860. The van der Waals surface area contributed by atoms with E-state index in [0.29, 0.717) is 49.2 Å². The van der Waals surface area contributed by atoms with Crippen molar-refractivity contribution in [3.8, 4) is 11.3 Å². The van der Waals surface area contributed by atoms with E-state index in [-0.39, 0.29) is 11.3 Å². The fourth-order valence-electron chi connectivity index (χ4n) is 4.56. The second-order valence-electron chi connectivity index (χ2n) is 11.2. The highest BCUT2D eigenvalue weighted by molar-refractivity contribution is 6.31. The van der Waals surface area contributed by atoms with Crippen LogP contribution >= 0.6 is 23.2 Å². The van der Waals surface area contributed by atoms with Crippen LogP contribution < -0.4 is 10.7 Å². The number of hydrogen-bond donors (Lipinski definition) is 2. The molecule has 1 heterocycles. The highest BCUT2D eigenvalue weighted by Gasteiger charge is 2.16. The number of fused-ring (bicyclic) bond motifs is 1. The zero-order chi connectivity index (χ0) is 30.7. The molecule has 2 N–H and O–H groups in total. The maximum atomic E-state index is 13.4. The molecule has 0 atom stereocenters. The smallest absolute Gasteiger partial charge is 0.272 e. The van der Waals surface area contributed by atoms with Crippen LogP contribution in [0.25, 0.3) is 22.2 Å². The van der Waals surface area contributed by atoms with Crippen LogP contribution in [0.3, 0.4) is 0 Å². The molecular weight excluding hydrogens is 579 g/mol. The number of pyridine rings is 1. The summed E-state index contributed by atoms with van der Waals surface area (Å²) in [6, 6.07) is 29.1. The Kier molecular flexibility index (Phi) is 8.62. The van der Waals surface area contributed by atoms with Gasteiger partial charge >= 0.3 is 0 Å². The first-order valence-electron chi connectivity index (χ1n) is 13.7. The number of nitrogens with zero attached hydrogens (tertiary/aromatic N) is 2. The van der Waals surface area contributed by atoms with Crippen molar-refractivity contribution in [2.45, 2.75) is 33.1 Å². The van der Waals surface area contributed by atoms with Crippen molar-refractivity contribution >= 4 is 57.3 Å². The third-order valence-corrected chi connectivity index (χ3v) is 7.52. The van der Waals surface area contributed by atoms with Crippen LogP contribution in [0, 0.1) is 0 Å². The van der Waals surface area contributed by atoms with Crippen LogP contribution in [0.1, 0.15) is 59.5 Å². The largest absolute Gasteiger partial charge is 0.322 e. The lowest BCUT2D eigenvalue weighted by Gasteiger charge is -2.19. The van der Waals surface area contributed by atoms with Gasteiger partial charge in [0, 0.05) is 32.2 Å². The molecule has 0 fully saturated rings. The first-order valence-corrected chi connectivity index (χ1v) is 14.5. The van der Waals surface area contributed by atoms with Gasteiger partial charge in [-0.15, -0.1) is 0 Å². The summed E-state index contributed by atoms with van der Waals surface area (Å²) in [4.78, 5) is 31.0. The van der Waals surface area contributed by atoms with Gasteiger partial charge in [0.25, 0.3) is 11.8 Å². The first kappa shape index (κ1) is 30.0. The third kappa shape index (κ3) is 7.11. The SMILES string of the molecule is C/C(=N/NC(=O)c1cc(-c2ccc(Cl)cc2)nc2ccc(Cl)cc12)c1cccc(NC(=O)c2ccc(C(C)(C)C)cc2)c1. The van der Waals surface area contributed by atoms with Crippen LogP contribution in [-0.2, 0) is 5.41 Å². The summed E-state index contributed by atoms with van der Waals surface area (Å²) in [5.41, 5.74) is 8.77. The van der Waals surface area contributed by atoms with Crippen molar-refractivity contribution in [2.24, 2.45) is 5.10 Å². The zero-order valence-corrected chi connectivity index (χ0v) is 25.7. The minimum absolute atomic E-state index is 0.00610. The molecule has 0 radical (unpaired) electrons. The van der Waals surface area contributed by atoms with Crippen LogP contribution in [0.5, 0.6) is 0 Å². The number of benzene rings is 4. The molecule has 5 rings (SSSR count). The Labute approximate surface area is 260 Å². The highest BCUT2D eigenvalue weighted by Crippen LogP contribution is 2.28. The van der Waals surface area contributed by atoms with Gasteiger partial charge in [-0.05, 0) is 84.1 Å². The lowest BCUT2D eigenvalue weighted by atomic mass is 9.87. The summed E-state index contributed by atoms with van der Waals surface area (Å²) in [7, 11) is 0. The number of hydrogen-bond acceptors (Lipinski definition) is 4. The number of rotatable bonds is 6. The van der Waals surface area contributed by atoms with Gasteiger partial charge in [0.2, 0.25) is 0 Å². The van der Waals surface area contributed by atoms with Gasteiger partial charge in [0.15, 0.2) is 0 Å². The molecule has 0 saturated heterocycles. The third-order valence-electron chi connectivity index (χ3n) is 7.03. The molecule has 0 aliphatic carbocycles. The van der Waals surface area contributed by atoms with E-state index in [4.69, 9.17) is 28.2 Å². The van der Waals surface area contributed by atoms with E-state index in [1.807, 2.05) is 60.7 Å². The second kappa shape index (κ2) is 12.4. The average molecular weight is 610 g/mol. The van der Waals surface area contributed by atoms with E-state index in [2.05, 4.69) is 36.6 Å². The molecule has 1 aromatic heterocycles. The fraction of sp³-hybridized carbons (Fsp3) is 0.143. The monoisotopic (exact) mass is 608 g/mol. The molecule has 2 amide bonds. The quantitative estimate of drug-likeness (QED) is 0.149. The number of hydrazone groups is 1. The number of carbonyl (C=O) groups is 2. The van der Waals surface area contributed by atoms with Gasteiger partial charge in [-0.3, -0.25) is 9.59 Å². The lowest BCUT2D eigenvalue weighted by Crippen LogP contribution is -2.20. The summed E-state index contributed by atoms with van der Waals surface area (Å²) in [6.07, 6.45) is 0. The van der Waals surface area contributed by atoms with Gasteiger partial charge in [-0.25, -0.2) is 10.4 Å². The first-order chi connectivity index (χ1) is 20.5. The standard InChI is InChI=1S/C35H30Cl2N4O2/c1-21(24-6-5-7-28(18-24)38-33(42)23-8-12-25(13-9-23)35(2,3)4)40-41-34(43)30-20-32(22-10-14-26(36)15-11-22)39-31-17-16-27(37)19-29(30)31/h5-20H,1-4H3,(H,38,42)(H,41,43)/b40-21-. The van der Waals surface area contributed by atoms with Gasteiger partial charge < -0.3 is 5.32 Å². The van der Waals surface area contributed by atoms with Crippen molar-refractivity contribution < 1.29 is 9.59 Å². The fourth-order valence-corrected chi connectivity index (χ4v) is 4.86. The van der Waals surface area contributed by atoms with Gasteiger partial charge in [0.05, 0.1) is 22.5 Å². The van der Waals surface area contributed by atoms with Crippen molar-refractivity contribution in [1.82, 2.24) is 10.4 Å². The molecule has 0 bridgehead atoms. The molecule has 43 heavy (non-hydrogen) atoms. The topological polar surface area (TPSA) is 83.4 Å². The molecule has 4 aromatic carbocycles. The molecule has 6 nitrogen and oxygen atoms in total. The molecule has 0 saturated carbocycles. The minimum atomic E-state index is -0.410. The summed E-state index contributed by atoms with van der Waals surface area (Å²) in [6.45, 7) is 8.18. The Morgan fingerprint density at radius 3 is 2.16 bits per heavy atom. The second-order valence-corrected chi connectivity index (χ2v) is 12.1. The molecule has 0 unspecified atom stereocenters. The van der Waals surface area contributed by atoms with Crippen LogP contribution in [0.2, 0.25) is 10.0 Å². The van der Waals surface area contributed by atoms with E-state index < -0.39 is 5.91 Å². The number of carbonyl (C=O) groups excluding carboxylic acids is 2. The minimum Gasteiger partial charge on any atom is -0.322 e. The van der Waals surface area contributed by atoms with E-state index in [0.717, 1.165) is 16.7 Å². The maximum Gasteiger partial charge on any atom is 0.272 e. The Hall–Kier alpha value is -4.52. The molecule has 0 aliphatic rings. The van der Waals surface area contributed by atoms with Crippen molar-refractivity contribution in [3.05, 3.63) is 129 Å². The van der Waals surface area contributed by atoms with Crippen LogP contribution in [-0.4, -0.2) is 22.5 Å². The number of anilines is 1. The molecule has 0 spiro atoms. The number of nitrogens with one attached hydrogen (secondary N) is 2. The Balaban J connectivity index is 1.35. The number of amides is 2. The van der Waals surface area contributed by atoms with Crippen LogP contribution in [0.15, 0.2) is 102 Å². The summed E-state index contributed by atoms with van der Waals surface area (Å²) < 4.78 is 0. The molecule has 5 aromatic rings. The molecule has 216 valence electrons. The van der Waals surface area contributed by atoms with Gasteiger partial charge in [0.1, 0.15) is 0 Å². The number of halogens is 2. The average Bonchev–Trinajstić information content (AvgIpc) is 2.99. The van der Waals surface area contributed by atoms with E-state index in [9.17, 15) is 9.59 Å². The molecule has 0 aliphatic heterocycles. The van der Waals surface area contributed by atoms with Crippen molar-refractivity contribution in [3.63, 3.8) is 0 Å². The van der Waals surface area contributed by atoms with Crippen molar-refractivity contribution in [1.29, 1.82) is 0 Å². The van der Waals surface area contributed by atoms with Crippen LogP contribution in [0.4, 0.5) is 5.69 Å². The zero-order valence-electron chi connectivity index (χ0n) is 24.2. The summed E-state index contributed by atoms with van der Waals surface area (Å²) in [5, 5.41) is 9.01. The summed E-state index contributed by atoms with van der Waals surface area (Å²) in [5.74, 6) is -0.618. The predicted octanol–water partition coefficient (Wildman–Crippen LogP) is 8.91. The predicted molar refractivity (Wildman–Crippen MR) is 176 cm³/mol. The number of aromatic nitrogens is 1. The van der Waals surface area contributed by atoms with Gasteiger partial charge in [-0.2, -0.15) is 5.10 Å². The Morgan fingerprint density at radius 1 is 0.767 bits per heavy atom. The van der Waals surface area contributed by atoms with E-state index in [1.165, 1.54) is 0 Å². The normalized spacial score (nSPS) is 11.8. The maximum absolute atomic E-state index is 13.4. The molecular formula is C35H30Cl2N4O2. The Morgan fingerprint density at radius 2 is 1.47 bits per heavy atom.